The largest absolute Gasteiger partial charge is 0.319 e. The second-order valence-corrected chi connectivity index (χ2v) is 3.28. The lowest BCUT2D eigenvalue weighted by molar-refractivity contribution is 0.844. The molecule has 0 saturated carbocycles. The van der Waals surface area contributed by atoms with Crippen molar-refractivity contribution in [3.8, 4) is 0 Å². The Morgan fingerprint density at radius 3 is 2.62 bits per heavy atom. The second kappa shape index (κ2) is 3.64. The van der Waals surface area contributed by atoms with Crippen LogP contribution in [0.15, 0.2) is 36.5 Å². The van der Waals surface area contributed by atoms with Crippen molar-refractivity contribution in [3.63, 3.8) is 0 Å². The zero-order valence-corrected chi connectivity index (χ0v) is 7.74. The minimum Gasteiger partial charge on any atom is -0.319 e. The molecule has 2 aromatic rings. The molecular weight excluding hydrogens is 182 g/mol. The molecule has 0 amide bonds. The number of benzene rings is 1. The minimum atomic E-state index is -0.153. The predicted octanol–water partition coefficient (Wildman–Crippen LogP) is 1.59. The summed E-state index contributed by atoms with van der Waals surface area (Å²) in [5.74, 6) is 0. The van der Waals surface area contributed by atoms with Gasteiger partial charge < -0.3 is 5.73 Å². The summed E-state index contributed by atoms with van der Waals surface area (Å²) in [6.45, 7) is 0. The molecular formula is C9H9N3S. The van der Waals surface area contributed by atoms with Gasteiger partial charge in [-0.15, -0.1) is 0 Å². The highest BCUT2D eigenvalue weighted by Gasteiger charge is 2.10. The molecule has 1 aromatic heterocycles. The Morgan fingerprint density at radius 2 is 2.00 bits per heavy atom. The van der Waals surface area contributed by atoms with Gasteiger partial charge >= 0.3 is 0 Å². The van der Waals surface area contributed by atoms with Gasteiger partial charge in [0.15, 0.2) is 0 Å². The van der Waals surface area contributed by atoms with Gasteiger partial charge in [0.25, 0.3) is 0 Å². The number of nitrogens with zero attached hydrogens (tertiary/aromatic N) is 2. The lowest BCUT2D eigenvalue weighted by atomic mass is 10.1. The van der Waals surface area contributed by atoms with Gasteiger partial charge in [-0.1, -0.05) is 30.3 Å². The molecule has 0 aliphatic rings. The number of hydrogen-bond acceptors (Lipinski definition) is 4. The molecule has 3 nitrogen and oxygen atoms in total. The van der Waals surface area contributed by atoms with Crippen LogP contribution in [-0.2, 0) is 0 Å². The van der Waals surface area contributed by atoms with Crippen molar-refractivity contribution in [3.05, 3.63) is 47.8 Å². The van der Waals surface area contributed by atoms with E-state index >= 15 is 0 Å². The molecule has 66 valence electrons. The maximum absolute atomic E-state index is 5.96. The SMILES string of the molecule is NC(c1ccccc1)c1cnsn1. The van der Waals surface area contributed by atoms with Crippen LogP contribution in [0.1, 0.15) is 17.3 Å². The molecule has 0 radical (unpaired) electrons. The monoisotopic (exact) mass is 191 g/mol. The fourth-order valence-electron chi connectivity index (χ4n) is 1.14. The fourth-order valence-corrected chi connectivity index (χ4v) is 1.60. The highest BCUT2D eigenvalue weighted by Crippen LogP contribution is 2.16. The van der Waals surface area contributed by atoms with E-state index in [4.69, 9.17) is 5.73 Å². The first-order valence-electron chi connectivity index (χ1n) is 3.96. The lowest BCUT2D eigenvalue weighted by Crippen LogP contribution is -2.11. The molecule has 1 unspecified atom stereocenters. The van der Waals surface area contributed by atoms with E-state index in [9.17, 15) is 0 Å². The van der Waals surface area contributed by atoms with E-state index in [-0.39, 0.29) is 6.04 Å². The summed E-state index contributed by atoms with van der Waals surface area (Å²) < 4.78 is 8.02. The molecule has 1 aromatic carbocycles. The standard InChI is InChI=1S/C9H9N3S/c10-9(8-6-11-13-12-8)7-4-2-1-3-5-7/h1-6,9H,10H2. The van der Waals surface area contributed by atoms with Crippen LogP contribution in [-0.4, -0.2) is 8.75 Å². The van der Waals surface area contributed by atoms with Crippen LogP contribution in [0.3, 0.4) is 0 Å². The Bertz CT molecular complexity index is 358. The molecule has 0 aliphatic carbocycles. The summed E-state index contributed by atoms with van der Waals surface area (Å²) in [6.07, 6.45) is 1.71. The van der Waals surface area contributed by atoms with Crippen LogP contribution in [0, 0.1) is 0 Å². The highest BCUT2D eigenvalue weighted by molar-refractivity contribution is 6.99. The number of aromatic nitrogens is 2. The third-order valence-electron chi connectivity index (χ3n) is 1.86. The minimum absolute atomic E-state index is 0.153. The van der Waals surface area contributed by atoms with E-state index in [2.05, 4.69) is 8.75 Å². The van der Waals surface area contributed by atoms with Crippen molar-refractivity contribution in [2.24, 2.45) is 5.73 Å². The van der Waals surface area contributed by atoms with Crippen molar-refractivity contribution in [2.45, 2.75) is 6.04 Å². The van der Waals surface area contributed by atoms with Crippen molar-refractivity contribution >= 4 is 11.7 Å². The average Bonchev–Trinajstić information content (AvgIpc) is 2.71. The molecule has 0 fully saturated rings. The summed E-state index contributed by atoms with van der Waals surface area (Å²) in [4.78, 5) is 0. The average molecular weight is 191 g/mol. The van der Waals surface area contributed by atoms with Gasteiger partial charge in [-0.25, -0.2) is 0 Å². The van der Waals surface area contributed by atoms with Gasteiger partial charge in [0.05, 0.1) is 29.7 Å². The van der Waals surface area contributed by atoms with E-state index < -0.39 is 0 Å². The van der Waals surface area contributed by atoms with Gasteiger partial charge in [-0.05, 0) is 5.56 Å². The van der Waals surface area contributed by atoms with Gasteiger partial charge in [-0.3, -0.25) is 0 Å². The van der Waals surface area contributed by atoms with Crippen LogP contribution in [0.2, 0.25) is 0 Å². The summed E-state index contributed by atoms with van der Waals surface area (Å²) in [5.41, 5.74) is 7.86. The van der Waals surface area contributed by atoms with Crippen LogP contribution in [0.5, 0.6) is 0 Å². The fraction of sp³-hybridized carbons (Fsp3) is 0.111. The van der Waals surface area contributed by atoms with E-state index in [1.165, 1.54) is 11.7 Å². The summed E-state index contributed by atoms with van der Waals surface area (Å²) in [6, 6.07) is 9.73. The van der Waals surface area contributed by atoms with Crippen LogP contribution >= 0.6 is 11.7 Å². The van der Waals surface area contributed by atoms with Gasteiger partial charge in [0.1, 0.15) is 0 Å². The number of nitrogens with two attached hydrogens (primary N) is 1. The Hall–Kier alpha value is -1.26. The molecule has 2 rings (SSSR count). The molecule has 0 saturated heterocycles. The molecule has 13 heavy (non-hydrogen) atoms. The van der Waals surface area contributed by atoms with Crippen molar-refractivity contribution in [2.75, 3.05) is 0 Å². The quantitative estimate of drug-likeness (QED) is 0.784. The maximum Gasteiger partial charge on any atom is 0.0955 e. The summed E-state index contributed by atoms with van der Waals surface area (Å²) in [7, 11) is 0. The van der Waals surface area contributed by atoms with E-state index in [1.54, 1.807) is 6.20 Å². The molecule has 1 atom stereocenters. The molecule has 4 heteroatoms. The Labute approximate surface area is 80.6 Å². The van der Waals surface area contributed by atoms with Crippen molar-refractivity contribution in [1.29, 1.82) is 0 Å². The van der Waals surface area contributed by atoms with Crippen LogP contribution in [0.25, 0.3) is 0 Å². The highest BCUT2D eigenvalue weighted by atomic mass is 32.1. The predicted molar refractivity (Wildman–Crippen MR) is 52.4 cm³/mol. The first-order valence-corrected chi connectivity index (χ1v) is 4.69. The third-order valence-corrected chi connectivity index (χ3v) is 2.35. The second-order valence-electron chi connectivity index (χ2n) is 2.72. The number of rotatable bonds is 2. The van der Waals surface area contributed by atoms with Gasteiger partial charge in [0, 0.05) is 0 Å². The van der Waals surface area contributed by atoms with Crippen molar-refractivity contribution in [1.82, 2.24) is 8.75 Å². The first kappa shape index (κ1) is 8.34. The third kappa shape index (κ3) is 1.74. The molecule has 1 heterocycles. The Balaban J connectivity index is 2.29. The number of hydrogen-bond donors (Lipinski definition) is 1. The van der Waals surface area contributed by atoms with E-state index in [0.717, 1.165) is 11.3 Å². The Kier molecular flexibility index (Phi) is 2.33. The van der Waals surface area contributed by atoms with Crippen LogP contribution < -0.4 is 5.73 Å². The topological polar surface area (TPSA) is 51.8 Å². The van der Waals surface area contributed by atoms with Crippen molar-refractivity contribution < 1.29 is 0 Å². The summed E-state index contributed by atoms with van der Waals surface area (Å²) >= 11 is 1.18. The van der Waals surface area contributed by atoms with Gasteiger partial charge in [0.2, 0.25) is 0 Å². The molecule has 2 N–H and O–H groups in total. The smallest absolute Gasteiger partial charge is 0.0955 e. The maximum atomic E-state index is 5.96. The van der Waals surface area contributed by atoms with E-state index in [1.807, 2.05) is 30.3 Å². The van der Waals surface area contributed by atoms with E-state index in [0.29, 0.717) is 0 Å². The van der Waals surface area contributed by atoms with Gasteiger partial charge in [-0.2, -0.15) is 8.75 Å². The normalized spacial score (nSPS) is 12.7. The lowest BCUT2D eigenvalue weighted by Gasteiger charge is -2.07. The molecule has 0 bridgehead atoms. The first-order chi connectivity index (χ1) is 6.38. The summed E-state index contributed by atoms with van der Waals surface area (Å²) in [5, 5.41) is 0. The molecule has 0 aliphatic heterocycles. The zero-order valence-electron chi connectivity index (χ0n) is 6.92. The molecule has 0 spiro atoms. The Morgan fingerprint density at radius 1 is 1.23 bits per heavy atom. The zero-order chi connectivity index (χ0) is 9.10. The van der Waals surface area contributed by atoms with Crippen LogP contribution in [0.4, 0.5) is 0 Å².